The maximum atomic E-state index is 11.5. The molecule has 0 aliphatic carbocycles. The Morgan fingerprint density at radius 1 is 1.26 bits per heavy atom. The van der Waals surface area contributed by atoms with Gasteiger partial charge in [-0.25, -0.2) is 4.79 Å². The maximum absolute atomic E-state index is 11.5. The van der Waals surface area contributed by atoms with Crippen molar-refractivity contribution in [1.29, 1.82) is 0 Å². The van der Waals surface area contributed by atoms with Crippen molar-refractivity contribution < 1.29 is 9.59 Å². The van der Waals surface area contributed by atoms with E-state index in [0.29, 0.717) is 0 Å². The maximum Gasteiger partial charge on any atom is 0.321 e. The van der Waals surface area contributed by atoms with E-state index in [2.05, 4.69) is 31.9 Å². The molecule has 3 amide bonds. The molecule has 1 aromatic carbocycles. The van der Waals surface area contributed by atoms with E-state index in [1.54, 1.807) is 0 Å². The molecular formula is C13H18BrN3O2. The SMILES string of the molecule is CC[C@@H](NCC(=O)NC(=O)NC)c1ccc(Br)cc1. The lowest BCUT2D eigenvalue weighted by Crippen LogP contribution is -2.42. The molecule has 19 heavy (non-hydrogen) atoms. The highest BCUT2D eigenvalue weighted by atomic mass is 79.9. The highest BCUT2D eigenvalue weighted by Crippen LogP contribution is 2.19. The number of rotatable bonds is 5. The summed E-state index contributed by atoms with van der Waals surface area (Å²) in [6, 6.07) is 7.52. The van der Waals surface area contributed by atoms with Gasteiger partial charge < -0.3 is 10.6 Å². The van der Waals surface area contributed by atoms with Crippen LogP contribution in [0.3, 0.4) is 0 Å². The van der Waals surface area contributed by atoms with Gasteiger partial charge in [0.15, 0.2) is 0 Å². The normalized spacial score (nSPS) is 11.7. The minimum Gasteiger partial charge on any atom is -0.341 e. The van der Waals surface area contributed by atoms with Crippen LogP contribution in [0.1, 0.15) is 24.9 Å². The number of urea groups is 1. The molecule has 0 saturated carbocycles. The molecule has 1 aromatic rings. The quantitative estimate of drug-likeness (QED) is 0.774. The van der Waals surface area contributed by atoms with Crippen LogP contribution < -0.4 is 16.0 Å². The predicted octanol–water partition coefficient (Wildman–Crippen LogP) is 1.95. The minimum absolute atomic E-state index is 0.0866. The fraction of sp³-hybridized carbons (Fsp3) is 0.385. The molecular weight excluding hydrogens is 310 g/mol. The van der Waals surface area contributed by atoms with Gasteiger partial charge in [0.25, 0.3) is 0 Å². The van der Waals surface area contributed by atoms with Gasteiger partial charge in [-0.1, -0.05) is 35.0 Å². The van der Waals surface area contributed by atoms with Crippen molar-refractivity contribution in [3.63, 3.8) is 0 Å². The minimum atomic E-state index is -0.497. The van der Waals surface area contributed by atoms with Crippen LogP contribution in [0.25, 0.3) is 0 Å². The van der Waals surface area contributed by atoms with E-state index in [9.17, 15) is 9.59 Å². The number of carbonyl (C=O) groups is 2. The van der Waals surface area contributed by atoms with Crippen LogP contribution in [0.5, 0.6) is 0 Å². The molecule has 0 unspecified atom stereocenters. The Morgan fingerprint density at radius 2 is 1.89 bits per heavy atom. The van der Waals surface area contributed by atoms with E-state index >= 15 is 0 Å². The molecule has 0 fully saturated rings. The molecule has 0 heterocycles. The summed E-state index contributed by atoms with van der Waals surface area (Å²) < 4.78 is 1.02. The molecule has 6 heteroatoms. The van der Waals surface area contributed by atoms with Crippen LogP contribution in [0.15, 0.2) is 28.7 Å². The first-order valence-corrected chi connectivity index (χ1v) is 6.86. The van der Waals surface area contributed by atoms with Gasteiger partial charge in [0.2, 0.25) is 5.91 Å². The lowest BCUT2D eigenvalue weighted by Gasteiger charge is -2.17. The number of hydrogen-bond donors (Lipinski definition) is 3. The average molecular weight is 328 g/mol. The van der Waals surface area contributed by atoms with E-state index in [1.807, 2.05) is 31.2 Å². The fourth-order valence-electron chi connectivity index (χ4n) is 1.64. The summed E-state index contributed by atoms with van der Waals surface area (Å²) >= 11 is 3.38. The number of halogens is 1. The van der Waals surface area contributed by atoms with Crippen LogP contribution in [0.2, 0.25) is 0 Å². The predicted molar refractivity (Wildman–Crippen MR) is 77.8 cm³/mol. The second-order valence-electron chi connectivity index (χ2n) is 4.02. The van der Waals surface area contributed by atoms with Crippen molar-refractivity contribution in [1.82, 2.24) is 16.0 Å². The number of hydrogen-bond acceptors (Lipinski definition) is 3. The van der Waals surface area contributed by atoms with Gasteiger partial charge in [0.1, 0.15) is 0 Å². The Balaban J connectivity index is 2.51. The van der Waals surface area contributed by atoms with Crippen molar-refractivity contribution in [2.45, 2.75) is 19.4 Å². The van der Waals surface area contributed by atoms with Crippen LogP contribution in [-0.4, -0.2) is 25.5 Å². The number of benzene rings is 1. The summed E-state index contributed by atoms with van der Waals surface area (Å²) in [6.45, 7) is 2.14. The Hall–Kier alpha value is -1.40. The Labute approximate surface area is 121 Å². The topological polar surface area (TPSA) is 70.2 Å². The van der Waals surface area contributed by atoms with E-state index in [0.717, 1.165) is 16.5 Å². The zero-order chi connectivity index (χ0) is 14.3. The third-order valence-corrected chi connectivity index (χ3v) is 3.20. The smallest absolute Gasteiger partial charge is 0.321 e. The molecule has 0 aromatic heterocycles. The Morgan fingerprint density at radius 3 is 2.42 bits per heavy atom. The lowest BCUT2D eigenvalue weighted by atomic mass is 10.0. The number of nitrogens with one attached hydrogen (secondary N) is 3. The first kappa shape index (κ1) is 15.7. The van der Waals surface area contributed by atoms with Crippen LogP contribution in [0.4, 0.5) is 4.79 Å². The van der Waals surface area contributed by atoms with E-state index in [4.69, 9.17) is 0 Å². The summed E-state index contributed by atoms with van der Waals surface area (Å²) in [4.78, 5) is 22.4. The molecule has 0 spiro atoms. The number of amides is 3. The zero-order valence-corrected chi connectivity index (χ0v) is 12.6. The molecule has 0 aliphatic rings. The number of carbonyl (C=O) groups excluding carboxylic acids is 2. The molecule has 0 bridgehead atoms. The molecule has 1 atom stereocenters. The molecule has 5 nitrogen and oxygen atoms in total. The van der Waals surface area contributed by atoms with Crippen molar-refractivity contribution in [3.05, 3.63) is 34.3 Å². The monoisotopic (exact) mass is 327 g/mol. The van der Waals surface area contributed by atoms with Gasteiger partial charge in [-0.2, -0.15) is 0 Å². The Bertz CT molecular complexity index is 434. The van der Waals surface area contributed by atoms with Gasteiger partial charge in [0, 0.05) is 17.6 Å². The highest BCUT2D eigenvalue weighted by Gasteiger charge is 2.11. The van der Waals surface area contributed by atoms with Crippen LogP contribution >= 0.6 is 15.9 Å². The summed E-state index contributed by atoms with van der Waals surface area (Å²) in [6.07, 6.45) is 0.856. The van der Waals surface area contributed by atoms with Crippen molar-refractivity contribution >= 4 is 27.9 Å². The lowest BCUT2D eigenvalue weighted by molar-refractivity contribution is -0.119. The molecule has 0 saturated heterocycles. The Kier molecular flexibility index (Phi) is 6.52. The van der Waals surface area contributed by atoms with Gasteiger partial charge in [-0.15, -0.1) is 0 Å². The number of imide groups is 1. The van der Waals surface area contributed by atoms with E-state index in [-0.39, 0.29) is 18.5 Å². The average Bonchev–Trinajstić information content (AvgIpc) is 2.41. The first-order valence-electron chi connectivity index (χ1n) is 6.07. The fourth-order valence-corrected chi connectivity index (χ4v) is 1.91. The summed E-state index contributed by atoms with van der Waals surface area (Å²) in [5, 5.41) is 7.67. The molecule has 1 rings (SSSR count). The summed E-state index contributed by atoms with van der Waals surface area (Å²) in [5.41, 5.74) is 1.11. The molecule has 104 valence electrons. The van der Waals surface area contributed by atoms with Crippen molar-refractivity contribution in [2.24, 2.45) is 0 Å². The van der Waals surface area contributed by atoms with Crippen molar-refractivity contribution in [2.75, 3.05) is 13.6 Å². The van der Waals surface area contributed by atoms with Crippen LogP contribution in [-0.2, 0) is 4.79 Å². The second-order valence-corrected chi connectivity index (χ2v) is 4.94. The molecule has 3 N–H and O–H groups in total. The highest BCUT2D eigenvalue weighted by molar-refractivity contribution is 9.10. The largest absolute Gasteiger partial charge is 0.341 e. The molecule has 0 aliphatic heterocycles. The van der Waals surface area contributed by atoms with Crippen molar-refractivity contribution in [3.8, 4) is 0 Å². The van der Waals surface area contributed by atoms with Gasteiger partial charge in [0.05, 0.1) is 6.54 Å². The van der Waals surface area contributed by atoms with Gasteiger partial charge in [-0.3, -0.25) is 10.1 Å². The van der Waals surface area contributed by atoms with E-state index < -0.39 is 6.03 Å². The third-order valence-electron chi connectivity index (χ3n) is 2.67. The van der Waals surface area contributed by atoms with Gasteiger partial charge >= 0.3 is 6.03 Å². The zero-order valence-electron chi connectivity index (χ0n) is 11.0. The van der Waals surface area contributed by atoms with Gasteiger partial charge in [-0.05, 0) is 24.1 Å². The second kappa shape index (κ2) is 7.91. The van der Waals surface area contributed by atoms with Crippen LogP contribution in [0, 0.1) is 0 Å². The van der Waals surface area contributed by atoms with E-state index in [1.165, 1.54) is 7.05 Å². The standard InChI is InChI=1S/C13H18BrN3O2/c1-3-11(9-4-6-10(14)7-5-9)16-8-12(18)17-13(19)15-2/h4-7,11,16H,3,8H2,1-2H3,(H2,15,17,18,19)/t11-/m1/s1. The molecule has 0 radical (unpaired) electrons. The third kappa shape index (κ3) is 5.40. The summed E-state index contributed by atoms with van der Waals surface area (Å²) in [7, 11) is 1.46. The first-order chi connectivity index (χ1) is 9.06. The summed E-state index contributed by atoms with van der Waals surface area (Å²) in [5.74, 6) is -0.352.